The fraction of sp³-hybridized carbons (Fsp3) is 0.619. The highest BCUT2D eigenvalue weighted by Gasteiger charge is 2.26. The van der Waals surface area contributed by atoms with E-state index < -0.39 is 5.97 Å². The second kappa shape index (κ2) is 9.66. The molecule has 2 saturated carbocycles. The first-order chi connectivity index (χ1) is 13.5. The normalized spacial score (nSPS) is 22.5. The highest BCUT2D eigenvalue weighted by Crippen LogP contribution is 2.30. The highest BCUT2D eigenvalue weighted by atomic mass is 16.5. The van der Waals surface area contributed by atoms with Gasteiger partial charge in [0.25, 0.3) is 0 Å². The van der Waals surface area contributed by atoms with Gasteiger partial charge in [-0.2, -0.15) is 0 Å². The number of urea groups is 1. The van der Waals surface area contributed by atoms with Crippen molar-refractivity contribution >= 4 is 12.0 Å². The fourth-order valence-corrected chi connectivity index (χ4v) is 4.00. The molecule has 0 radical (unpaired) electrons. The molecule has 0 aromatic heterocycles. The molecule has 0 atom stereocenters. The van der Waals surface area contributed by atoms with Crippen LogP contribution in [-0.4, -0.2) is 36.4 Å². The summed E-state index contributed by atoms with van der Waals surface area (Å²) in [5, 5.41) is 14.9. The minimum atomic E-state index is -0.739. The number of ether oxygens (including phenoxy) is 2. The van der Waals surface area contributed by atoms with E-state index in [9.17, 15) is 9.59 Å². The number of carboxylic acids is 1. The monoisotopic (exact) mass is 390 g/mol. The molecule has 1 aromatic rings. The zero-order chi connectivity index (χ0) is 19.9. The van der Waals surface area contributed by atoms with Crippen molar-refractivity contribution in [3.05, 3.63) is 23.8 Å². The van der Waals surface area contributed by atoms with E-state index in [1.165, 1.54) is 12.8 Å². The van der Waals surface area contributed by atoms with Gasteiger partial charge in [-0.1, -0.05) is 0 Å². The number of carbonyl (C=O) groups is 2. The molecule has 7 nitrogen and oxygen atoms in total. The van der Waals surface area contributed by atoms with Gasteiger partial charge in [0, 0.05) is 24.2 Å². The molecule has 28 heavy (non-hydrogen) atoms. The Morgan fingerprint density at radius 1 is 1.11 bits per heavy atom. The number of amides is 2. The van der Waals surface area contributed by atoms with Gasteiger partial charge in [-0.05, 0) is 63.5 Å². The molecule has 3 rings (SSSR count). The predicted octanol–water partition coefficient (Wildman–Crippen LogP) is 3.46. The van der Waals surface area contributed by atoms with Gasteiger partial charge in [-0.25, -0.2) is 4.79 Å². The molecule has 7 heteroatoms. The molecule has 0 heterocycles. The van der Waals surface area contributed by atoms with Crippen LogP contribution in [0.3, 0.4) is 0 Å². The smallest absolute Gasteiger partial charge is 0.315 e. The number of carboxylic acid groups (broad SMARTS) is 1. The van der Waals surface area contributed by atoms with Gasteiger partial charge in [-0.3, -0.25) is 4.79 Å². The summed E-state index contributed by atoms with van der Waals surface area (Å²) in [6.07, 6.45) is 7.34. The van der Waals surface area contributed by atoms with Crippen LogP contribution in [0.1, 0.15) is 56.9 Å². The molecule has 0 aliphatic heterocycles. The first kappa shape index (κ1) is 20.3. The summed E-state index contributed by atoms with van der Waals surface area (Å²) in [6, 6.07) is 5.45. The van der Waals surface area contributed by atoms with E-state index in [0.717, 1.165) is 29.9 Å². The second-order valence-electron chi connectivity index (χ2n) is 7.71. The molecule has 0 bridgehead atoms. The lowest BCUT2D eigenvalue weighted by molar-refractivity contribution is -0.142. The number of rotatable bonds is 7. The summed E-state index contributed by atoms with van der Waals surface area (Å²) >= 11 is 0. The molecule has 0 saturated heterocycles. The third-order valence-corrected chi connectivity index (χ3v) is 5.72. The molecule has 0 unspecified atom stereocenters. The minimum absolute atomic E-state index is 0.0284. The van der Waals surface area contributed by atoms with Crippen molar-refractivity contribution in [3.8, 4) is 11.5 Å². The molecule has 0 spiro atoms. The maximum Gasteiger partial charge on any atom is 0.315 e. The van der Waals surface area contributed by atoms with Gasteiger partial charge >= 0.3 is 12.0 Å². The Kier molecular flexibility index (Phi) is 7.01. The van der Waals surface area contributed by atoms with E-state index in [-0.39, 0.29) is 24.1 Å². The zero-order valence-electron chi connectivity index (χ0n) is 16.4. The standard InChI is InChI=1S/C21H30N2O5/c1-27-18-11-8-15(19(12-18)28-17-4-2-3-5-17)13-22-21(26)23-16-9-6-14(7-10-16)20(24)25/h8,11-12,14,16-17H,2-7,9-10,13H2,1H3,(H,24,25)(H2,22,23,26). The topological polar surface area (TPSA) is 96.9 Å². The van der Waals surface area contributed by atoms with E-state index in [0.29, 0.717) is 32.2 Å². The van der Waals surface area contributed by atoms with Crippen molar-refractivity contribution in [3.63, 3.8) is 0 Å². The van der Waals surface area contributed by atoms with Crippen molar-refractivity contribution in [1.82, 2.24) is 10.6 Å². The van der Waals surface area contributed by atoms with E-state index in [2.05, 4.69) is 10.6 Å². The Bertz CT molecular complexity index is 679. The van der Waals surface area contributed by atoms with Crippen molar-refractivity contribution in [2.45, 2.75) is 70.1 Å². The summed E-state index contributed by atoms with van der Waals surface area (Å²) in [4.78, 5) is 23.3. The van der Waals surface area contributed by atoms with Crippen LogP contribution >= 0.6 is 0 Å². The third-order valence-electron chi connectivity index (χ3n) is 5.72. The number of hydrogen-bond acceptors (Lipinski definition) is 4. The van der Waals surface area contributed by atoms with Gasteiger partial charge < -0.3 is 25.2 Å². The van der Waals surface area contributed by atoms with Gasteiger partial charge in [0.1, 0.15) is 11.5 Å². The lowest BCUT2D eigenvalue weighted by atomic mass is 9.86. The minimum Gasteiger partial charge on any atom is -0.497 e. The summed E-state index contributed by atoms with van der Waals surface area (Å²) in [5.74, 6) is 0.470. The molecule has 2 aliphatic rings. The van der Waals surface area contributed by atoms with Crippen LogP contribution in [0.5, 0.6) is 11.5 Å². The molecular weight excluding hydrogens is 360 g/mol. The average Bonchev–Trinajstić information content (AvgIpc) is 3.20. The van der Waals surface area contributed by atoms with E-state index in [1.807, 2.05) is 18.2 Å². The van der Waals surface area contributed by atoms with Gasteiger partial charge in [-0.15, -0.1) is 0 Å². The number of hydrogen-bond donors (Lipinski definition) is 3. The van der Waals surface area contributed by atoms with Crippen LogP contribution in [-0.2, 0) is 11.3 Å². The van der Waals surface area contributed by atoms with E-state index >= 15 is 0 Å². The van der Waals surface area contributed by atoms with Crippen LogP contribution in [0, 0.1) is 5.92 Å². The Balaban J connectivity index is 1.51. The van der Waals surface area contributed by atoms with Crippen molar-refractivity contribution < 1.29 is 24.2 Å². The Morgan fingerprint density at radius 3 is 2.46 bits per heavy atom. The Hall–Kier alpha value is -2.44. The molecular formula is C21H30N2O5. The van der Waals surface area contributed by atoms with Crippen molar-refractivity contribution in [2.75, 3.05) is 7.11 Å². The fourth-order valence-electron chi connectivity index (χ4n) is 4.00. The van der Waals surface area contributed by atoms with Crippen LogP contribution in [0.2, 0.25) is 0 Å². The largest absolute Gasteiger partial charge is 0.497 e. The van der Waals surface area contributed by atoms with Crippen LogP contribution < -0.4 is 20.1 Å². The number of aliphatic carboxylic acids is 1. The molecule has 3 N–H and O–H groups in total. The first-order valence-electron chi connectivity index (χ1n) is 10.2. The number of benzene rings is 1. The van der Waals surface area contributed by atoms with Gasteiger partial charge in [0.15, 0.2) is 0 Å². The van der Waals surface area contributed by atoms with Gasteiger partial charge in [0.05, 0.1) is 19.1 Å². The summed E-state index contributed by atoms with van der Waals surface area (Å²) in [7, 11) is 1.62. The van der Waals surface area contributed by atoms with E-state index in [4.69, 9.17) is 14.6 Å². The summed E-state index contributed by atoms with van der Waals surface area (Å²) in [6.45, 7) is 0.363. The molecule has 1 aromatic carbocycles. The Morgan fingerprint density at radius 2 is 1.82 bits per heavy atom. The maximum absolute atomic E-state index is 12.3. The molecule has 2 amide bonds. The SMILES string of the molecule is COc1ccc(CNC(=O)NC2CCC(C(=O)O)CC2)c(OC2CCCC2)c1. The lowest BCUT2D eigenvalue weighted by Crippen LogP contribution is -2.43. The predicted molar refractivity (Wildman–Crippen MR) is 105 cm³/mol. The molecule has 2 aliphatic carbocycles. The summed E-state index contributed by atoms with van der Waals surface area (Å²) < 4.78 is 11.5. The van der Waals surface area contributed by atoms with Crippen LogP contribution in [0.15, 0.2) is 18.2 Å². The molecule has 154 valence electrons. The number of methoxy groups -OCH3 is 1. The second-order valence-corrected chi connectivity index (χ2v) is 7.71. The lowest BCUT2D eigenvalue weighted by Gasteiger charge is -2.27. The number of carbonyl (C=O) groups excluding carboxylic acids is 1. The maximum atomic E-state index is 12.3. The average molecular weight is 390 g/mol. The summed E-state index contributed by atoms with van der Waals surface area (Å²) in [5.41, 5.74) is 0.914. The zero-order valence-corrected chi connectivity index (χ0v) is 16.4. The van der Waals surface area contributed by atoms with Crippen molar-refractivity contribution in [1.29, 1.82) is 0 Å². The number of nitrogens with one attached hydrogen (secondary N) is 2. The first-order valence-corrected chi connectivity index (χ1v) is 10.2. The quantitative estimate of drug-likeness (QED) is 0.662. The Labute approximate surface area is 165 Å². The van der Waals surface area contributed by atoms with E-state index in [1.54, 1.807) is 7.11 Å². The van der Waals surface area contributed by atoms with Gasteiger partial charge in [0.2, 0.25) is 0 Å². The third kappa shape index (κ3) is 5.53. The highest BCUT2D eigenvalue weighted by molar-refractivity contribution is 5.74. The van der Waals surface area contributed by atoms with Crippen LogP contribution in [0.25, 0.3) is 0 Å². The van der Waals surface area contributed by atoms with Crippen molar-refractivity contribution in [2.24, 2.45) is 5.92 Å². The molecule has 2 fully saturated rings. The van der Waals surface area contributed by atoms with Crippen LogP contribution in [0.4, 0.5) is 4.79 Å².